The molecular weight excluding hydrogens is 274 g/mol. The van der Waals surface area contributed by atoms with Crippen molar-refractivity contribution in [3.63, 3.8) is 0 Å². The lowest BCUT2D eigenvalue weighted by atomic mass is 10.1. The molecule has 1 N–H and O–H groups in total. The minimum Gasteiger partial charge on any atom is -0.434 e. The van der Waals surface area contributed by atoms with Crippen LogP contribution in [-0.2, 0) is 6.54 Å². The highest BCUT2D eigenvalue weighted by molar-refractivity contribution is 5.33. The van der Waals surface area contributed by atoms with Crippen LogP contribution < -0.4 is 10.1 Å². The van der Waals surface area contributed by atoms with E-state index >= 15 is 0 Å². The smallest absolute Gasteiger partial charge is 0.387 e. The van der Waals surface area contributed by atoms with E-state index in [0.717, 1.165) is 25.2 Å². The summed E-state index contributed by atoms with van der Waals surface area (Å²) in [5.41, 5.74) is 0.767. The lowest BCUT2D eigenvalue weighted by Crippen LogP contribution is -2.42. The van der Waals surface area contributed by atoms with Crippen molar-refractivity contribution in [2.24, 2.45) is 0 Å². The molecule has 0 radical (unpaired) electrons. The van der Waals surface area contributed by atoms with Gasteiger partial charge in [0.15, 0.2) is 0 Å². The SMILES string of the molecule is CC(CNCc1ccccc1OC(F)F)N1CCCCC1. The van der Waals surface area contributed by atoms with E-state index in [1.54, 1.807) is 12.1 Å². The van der Waals surface area contributed by atoms with Gasteiger partial charge in [0.1, 0.15) is 5.75 Å². The Kier molecular flexibility index (Phi) is 6.39. The summed E-state index contributed by atoms with van der Waals surface area (Å²) >= 11 is 0. The van der Waals surface area contributed by atoms with Crippen LogP contribution in [0.2, 0.25) is 0 Å². The van der Waals surface area contributed by atoms with Gasteiger partial charge in [0.05, 0.1) is 0 Å². The molecule has 118 valence electrons. The Labute approximate surface area is 125 Å². The maximum atomic E-state index is 12.3. The molecule has 0 aromatic heterocycles. The topological polar surface area (TPSA) is 24.5 Å². The summed E-state index contributed by atoms with van der Waals surface area (Å²) in [4.78, 5) is 2.48. The average Bonchev–Trinajstić information content (AvgIpc) is 2.49. The average molecular weight is 298 g/mol. The zero-order valence-electron chi connectivity index (χ0n) is 12.5. The van der Waals surface area contributed by atoms with Gasteiger partial charge in [0, 0.05) is 24.7 Å². The van der Waals surface area contributed by atoms with Gasteiger partial charge < -0.3 is 10.1 Å². The van der Waals surface area contributed by atoms with E-state index in [0.29, 0.717) is 12.6 Å². The molecule has 1 fully saturated rings. The minimum atomic E-state index is -2.78. The normalized spacial score (nSPS) is 17.9. The van der Waals surface area contributed by atoms with Crippen molar-refractivity contribution in [3.8, 4) is 5.75 Å². The van der Waals surface area contributed by atoms with Crippen LogP contribution in [-0.4, -0.2) is 37.2 Å². The molecule has 2 rings (SSSR count). The highest BCUT2D eigenvalue weighted by Gasteiger charge is 2.16. The molecule has 5 heteroatoms. The van der Waals surface area contributed by atoms with Crippen molar-refractivity contribution >= 4 is 0 Å². The van der Waals surface area contributed by atoms with Crippen molar-refractivity contribution in [1.29, 1.82) is 0 Å². The van der Waals surface area contributed by atoms with E-state index in [2.05, 4.69) is 21.9 Å². The predicted molar refractivity (Wildman–Crippen MR) is 79.7 cm³/mol. The van der Waals surface area contributed by atoms with Gasteiger partial charge in [-0.05, 0) is 38.9 Å². The van der Waals surface area contributed by atoms with Crippen LogP contribution in [0.3, 0.4) is 0 Å². The second-order valence-corrected chi connectivity index (χ2v) is 5.56. The standard InChI is InChI=1S/C16H24F2N2O/c1-13(20-9-5-2-6-10-20)11-19-12-14-7-3-4-8-15(14)21-16(17)18/h3-4,7-8,13,16,19H,2,5-6,9-12H2,1H3. The number of hydrogen-bond acceptors (Lipinski definition) is 3. The van der Waals surface area contributed by atoms with Crippen LogP contribution in [0, 0.1) is 0 Å². The molecule has 1 heterocycles. The molecule has 3 nitrogen and oxygen atoms in total. The van der Waals surface area contributed by atoms with Crippen molar-refractivity contribution in [1.82, 2.24) is 10.2 Å². The van der Waals surface area contributed by atoms with Gasteiger partial charge in [-0.1, -0.05) is 24.6 Å². The molecule has 21 heavy (non-hydrogen) atoms. The zero-order valence-corrected chi connectivity index (χ0v) is 12.5. The Morgan fingerprint density at radius 3 is 2.62 bits per heavy atom. The molecule has 1 saturated heterocycles. The molecular formula is C16H24F2N2O. The first-order chi connectivity index (χ1) is 10.2. The van der Waals surface area contributed by atoms with Crippen molar-refractivity contribution in [2.75, 3.05) is 19.6 Å². The number of benzene rings is 1. The number of para-hydroxylation sites is 1. The fourth-order valence-electron chi connectivity index (χ4n) is 2.76. The second-order valence-electron chi connectivity index (χ2n) is 5.56. The molecule has 1 atom stereocenters. The van der Waals surface area contributed by atoms with Crippen LogP contribution in [0.25, 0.3) is 0 Å². The van der Waals surface area contributed by atoms with E-state index in [9.17, 15) is 8.78 Å². The summed E-state index contributed by atoms with van der Waals surface area (Å²) in [6.45, 7) is 3.14. The van der Waals surface area contributed by atoms with Gasteiger partial charge in [-0.15, -0.1) is 0 Å². The Morgan fingerprint density at radius 1 is 1.19 bits per heavy atom. The molecule has 0 spiro atoms. The van der Waals surface area contributed by atoms with Crippen molar-refractivity contribution in [2.45, 2.75) is 45.4 Å². The van der Waals surface area contributed by atoms with E-state index in [4.69, 9.17) is 0 Å². The van der Waals surface area contributed by atoms with Crippen molar-refractivity contribution in [3.05, 3.63) is 29.8 Å². The predicted octanol–water partition coefficient (Wildman–Crippen LogP) is 3.25. The maximum absolute atomic E-state index is 12.3. The quantitative estimate of drug-likeness (QED) is 0.836. The van der Waals surface area contributed by atoms with Crippen LogP contribution in [0.5, 0.6) is 5.75 Å². The summed E-state index contributed by atoms with van der Waals surface area (Å²) in [5, 5.41) is 3.35. The fraction of sp³-hybridized carbons (Fsp3) is 0.625. The highest BCUT2D eigenvalue weighted by Crippen LogP contribution is 2.20. The Bertz CT molecular complexity index is 422. The van der Waals surface area contributed by atoms with Crippen LogP contribution in [0.15, 0.2) is 24.3 Å². The van der Waals surface area contributed by atoms with E-state index in [1.165, 1.54) is 19.3 Å². The summed E-state index contributed by atoms with van der Waals surface area (Å²) < 4.78 is 29.2. The molecule has 1 aromatic carbocycles. The summed E-state index contributed by atoms with van der Waals surface area (Å²) in [7, 11) is 0. The van der Waals surface area contributed by atoms with Gasteiger partial charge >= 0.3 is 6.61 Å². The molecule has 0 amide bonds. The molecule has 1 aliphatic heterocycles. The van der Waals surface area contributed by atoms with Crippen LogP contribution in [0.4, 0.5) is 8.78 Å². The largest absolute Gasteiger partial charge is 0.434 e. The summed E-state index contributed by atoms with van der Waals surface area (Å²) in [6.07, 6.45) is 3.87. The number of nitrogens with zero attached hydrogens (tertiary/aromatic N) is 1. The van der Waals surface area contributed by atoms with Gasteiger partial charge in [0.25, 0.3) is 0 Å². The Morgan fingerprint density at radius 2 is 1.90 bits per heavy atom. The number of nitrogens with one attached hydrogen (secondary N) is 1. The number of piperidine rings is 1. The zero-order chi connectivity index (χ0) is 15.1. The van der Waals surface area contributed by atoms with E-state index in [1.807, 2.05) is 12.1 Å². The van der Waals surface area contributed by atoms with E-state index < -0.39 is 6.61 Å². The third-order valence-electron chi connectivity index (χ3n) is 3.96. The summed E-state index contributed by atoms with van der Waals surface area (Å²) in [6, 6.07) is 7.41. The first-order valence-corrected chi connectivity index (χ1v) is 7.64. The number of rotatable bonds is 7. The van der Waals surface area contributed by atoms with Gasteiger partial charge in [-0.2, -0.15) is 8.78 Å². The number of halogens is 2. The van der Waals surface area contributed by atoms with Gasteiger partial charge in [-0.25, -0.2) is 0 Å². The first kappa shape index (κ1) is 16.2. The summed E-state index contributed by atoms with van der Waals surface area (Å²) in [5.74, 6) is 0.255. The molecule has 1 aromatic rings. The van der Waals surface area contributed by atoms with Crippen LogP contribution in [0.1, 0.15) is 31.7 Å². The monoisotopic (exact) mass is 298 g/mol. The van der Waals surface area contributed by atoms with Crippen LogP contribution >= 0.6 is 0 Å². The highest BCUT2D eigenvalue weighted by atomic mass is 19.3. The molecule has 1 unspecified atom stereocenters. The van der Waals surface area contributed by atoms with Gasteiger partial charge in [-0.3, -0.25) is 4.90 Å². The number of alkyl halides is 2. The van der Waals surface area contributed by atoms with E-state index in [-0.39, 0.29) is 5.75 Å². The van der Waals surface area contributed by atoms with Gasteiger partial charge in [0.2, 0.25) is 0 Å². The number of likely N-dealkylation sites (tertiary alicyclic amines) is 1. The Balaban J connectivity index is 1.80. The molecule has 0 aliphatic carbocycles. The second kappa shape index (κ2) is 8.29. The molecule has 1 aliphatic rings. The lowest BCUT2D eigenvalue weighted by Gasteiger charge is -2.32. The third-order valence-corrected chi connectivity index (χ3v) is 3.96. The Hall–Kier alpha value is -1.20. The minimum absolute atomic E-state index is 0.255. The fourth-order valence-corrected chi connectivity index (χ4v) is 2.76. The third kappa shape index (κ3) is 5.25. The maximum Gasteiger partial charge on any atom is 0.387 e. The number of ether oxygens (including phenoxy) is 1. The molecule has 0 saturated carbocycles. The first-order valence-electron chi connectivity index (χ1n) is 7.64. The molecule has 0 bridgehead atoms. The number of hydrogen-bond donors (Lipinski definition) is 1. The van der Waals surface area contributed by atoms with Crippen molar-refractivity contribution < 1.29 is 13.5 Å². The lowest BCUT2D eigenvalue weighted by molar-refractivity contribution is -0.0505.